The molecule has 1 aliphatic heterocycles. The molecular formula is C26H24Cl2O3. The fourth-order valence-corrected chi connectivity index (χ4v) is 6.52. The Morgan fingerprint density at radius 2 is 1.48 bits per heavy atom. The van der Waals surface area contributed by atoms with Crippen molar-refractivity contribution in [2.24, 2.45) is 5.41 Å². The lowest BCUT2D eigenvalue weighted by atomic mass is 9.73. The van der Waals surface area contributed by atoms with E-state index < -0.39 is 15.3 Å². The first-order chi connectivity index (χ1) is 14.8. The fraction of sp³-hybridized carbons (Fsp3) is 0.308. The fourth-order valence-electron chi connectivity index (χ4n) is 5.44. The molecule has 3 aromatic carbocycles. The van der Waals surface area contributed by atoms with E-state index >= 15 is 0 Å². The van der Waals surface area contributed by atoms with Gasteiger partial charge in [0.15, 0.2) is 21.4 Å². The van der Waals surface area contributed by atoms with E-state index in [1.54, 1.807) is 14.2 Å². The largest absolute Gasteiger partial charge is 0.493 e. The van der Waals surface area contributed by atoms with Gasteiger partial charge in [-0.2, -0.15) is 0 Å². The minimum Gasteiger partial charge on any atom is -0.493 e. The zero-order chi connectivity index (χ0) is 22.0. The second kappa shape index (κ2) is 6.82. The molecule has 31 heavy (non-hydrogen) atoms. The highest BCUT2D eigenvalue weighted by atomic mass is 35.5. The summed E-state index contributed by atoms with van der Waals surface area (Å²) >= 11 is 14.3. The maximum Gasteiger partial charge on any atom is 0.177 e. The third-order valence-electron chi connectivity index (χ3n) is 7.12. The molecule has 0 amide bonds. The number of ether oxygens (including phenoxy) is 3. The smallest absolute Gasteiger partial charge is 0.177 e. The van der Waals surface area contributed by atoms with E-state index in [1.165, 1.54) is 11.1 Å². The Hall–Kier alpha value is -2.36. The summed E-state index contributed by atoms with van der Waals surface area (Å²) in [5.41, 5.74) is 2.81. The molecule has 1 saturated carbocycles. The van der Waals surface area contributed by atoms with Crippen molar-refractivity contribution in [3.8, 4) is 17.2 Å². The minimum atomic E-state index is -1.16. The van der Waals surface area contributed by atoms with Gasteiger partial charge in [-0.05, 0) is 36.2 Å². The number of aryl methyl sites for hydroxylation is 1. The number of alkyl halides is 2. The molecule has 0 radical (unpaired) electrons. The van der Waals surface area contributed by atoms with Crippen molar-refractivity contribution in [2.75, 3.05) is 14.2 Å². The highest BCUT2D eigenvalue weighted by Gasteiger charge is 2.91. The lowest BCUT2D eigenvalue weighted by Crippen LogP contribution is -2.33. The van der Waals surface area contributed by atoms with Crippen LogP contribution in [0, 0.1) is 12.3 Å². The molecule has 0 unspecified atom stereocenters. The molecular weight excluding hydrogens is 431 g/mol. The van der Waals surface area contributed by atoms with Crippen LogP contribution in [-0.4, -0.2) is 18.6 Å². The lowest BCUT2D eigenvalue weighted by molar-refractivity contribution is 0.101. The molecule has 160 valence electrons. The van der Waals surface area contributed by atoms with Crippen LogP contribution >= 0.6 is 23.2 Å². The number of rotatable bonds is 4. The van der Waals surface area contributed by atoms with E-state index in [1.807, 2.05) is 36.4 Å². The summed E-state index contributed by atoms with van der Waals surface area (Å²) in [7, 11) is 3.24. The van der Waals surface area contributed by atoms with E-state index in [9.17, 15) is 0 Å². The van der Waals surface area contributed by atoms with Gasteiger partial charge in [-0.1, -0.05) is 78.7 Å². The number of hydrogen-bond donors (Lipinski definition) is 0. The standard InChI is InChI=1S/C26H24Cl2O3/c1-16-9-5-6-10-18(16)23-19-11-7-8-12-20(19)31-25(24(23,2)26(25,27)28)17-13-14-21(29-3)22(15-17)30-4/h5-15,23H,1-4H3/t23-,24-,25+/m1/s1. The van der Waals surface area contributed by atoms with Crippen molar-refractivity contribution in [2.45, 2.75) is 29.7 Å². The van der Waals surface area contributed by atoms with Gasteiger partial charge in [0.25, 0.3) is 0 Å². The number of para-hydroxylation sites is 1. The van der Waals surface area contributed by atoms with Crippen molar-refractivity contribution >= 4 is 23.2 Å². The SMILES string of the molecule is COc1ccc([C@]23Oc4ccccc4[C@@H](c4ccccc4C)[C@@]2(C)C3(Cl)Cl)cc1OC. The van der Waals surface area contributed by atoms with Crippen molar-refractivity contribution < 1.29 is 14.2 Å². The van der Waals surface area contributed by atoms with E-state index in [0.717, 1.165) is 16.9 Å². The van der Waals surface area contributed by atoms with Gasteiger partial charge in [-0.25, -0.2) is 0 Å². The highest BCUT2D eigenvalue weighted by molar-refractivity contribution is 6.53. The molecule has 0 aromatic heterocycles. The van der Waals surface area contributed by atoms with Gasteiger partial charge >= 0.3 is 0 Å². The summed E-state index contributed by atoms with van der Waals surface area (Å²) in [5, 5.41) is 0. The Bertz CT molecular complexity index is 1170. The molecule has 0 bridgehead atoms. The van der Waals surface area contributed by atoms with Crippen LogP contribution in [0.3, 0.4) is 0 Å². The van der Waals surface area contributed by atoms with Gasteiger partial charge in [-0.15, -0.1) is 0 Å². The predicted molar refractivity (Wildman–Crippen MR) is 124 cm³/mol. The second-order valence-electron chi connectivity index (χ2n) is 8.46. The molecule has 1 heterocycles. The Morgan fingerprint density at radius 1 is 0.839 bits per heavy atom. The molecule has 3 aromatic rings. The minimum absolute atomic E-state index is 0.0400. The highest BCUT2D eigenvalue weighted by Crippen LogP contribution is 2.85. The first-order valence-electron chi connectivity index (χ1n) is 10.3. The normalized spacial score (nSPS) is 27.5. The number of benzene rings is 3. The predicted octanol–water partition coefficient (Wildman–Crippen LogP) is 6.63. The Labute approximate surface area is 192 Å². The molecule has 1 fully saturated rings. The van der Waals surface area contributed by atoms with Crippen LogP contribution in [0.5, 0.6) is 17.2 Å². The van der Waals surface area contributed by atoms with Crippen LogP contribution in [0.4, 0.5) is 0 Å². The van der Waals surface area contributed by atoms with Crippen LogP contribution in [0.15, 0.2) is 66.7 Å². The summed E-state index contributed by atoms with van der Waals surface area (Å²) in [6.07, 6.45) is 0. The van der Waals surface area contributed by atoms with E-state index in [2.05, 4.69) is 44.2 Å². The van der Waals surface area contributed by atoms with Crippen molar-refractivity contribution in [3.05, 3.63) is 89.0 Å². The molecule has 2 aliphatic rings. The zero-order valence-corrected chi connectivity index (χ0v) is 19.4. The number of halogens is 2. The molecule has 3 nitrogen and oxygen atoms in total. The second-order valence-corrected chi connectivity index (χ2v) is 9.78. The first-order valence-corrected chi connectivity index (χ1v) is 11.0. The van der Waals surface area contributed by atoms with E-state index in [4.69, 9.17) is 37.4 Å². The number of methoxy groups -OCH3 is 2. The lowest BCUT2D eigenvalue weighted by Gasteiger charge is -2.37. The summed E-state index contributed by atoms with van der Waals surface area (Å²) in [6.45, 7) is 4.25. The summed E-state index contributed by atoms with van der Waals surface area (Å²) in [5.74, 6) is 2.02. The first kappa shape index (κ1) is 20.5. The molecule has 5 heteroatoms. The molecule has 0 N–H and O–H groups in total. The third-order valence-corrected chi connectivity index (χ3v) is 8.44. The monoisotopic (exact) mass is 454 g/mol. The molecule has 3 atom stereocenters. The summed E-state index contributed by atoms with van der Waals surface area (Å²) < 4.78 is 16.5. The Balaban J connectivity index is 1.78. The van der Waals surface area contributed by atoms with Gasteiger partial charge in [-0.3, -0.25) is 0 Å². The topological polar surface area (TPSA) is 27.7 Å². The molecule has 5 rings (SSSR count). The van der Waals surface area contributed by atoms with Crippen molar-refractivity contribution in [1.82, 2.24) is 0 Å². The molecule has 0 saturated heterocycles. The van der Waals surface area contributed by atoms with E-state index in [-0.39, 0.29) is 5.92 Å². The molecule has 0 spiro atoms. The third kappa shape index (κ3) is 2.42. The van der Waals surface area contributed by atoms with Gasteiger partial charge in [0, 0.05) is 17.0 Å². The number of fused-ring (bicyclic) bond motifs is 2. The maximum atomic E-state index is 7.17. The summed E-state index contributed by atoms with van der Waals surface area (Å²) in [6, 6.07) is 22.3. The van der Waals surface area contributed by atoms with Crippen LogP contribution in [0.25, 0.3) is 0 Å². The van der Waals surface area contributed by atoms with E-state index in [0.29, 0.717) is 11.5 Å². The number of hydrogen-bond acceptors (Lipinski definition) is 3. The van der Waals surface area contributed by atoms with Gasteiger partial charge in [0.1, 0.15) is 5.75 Å². The summed E-state index contributed by atoms with van der Waals surface area (Å²) in [4.78, 5) is 0. The van der Waals surface area contributed by atoms with Crippen LogP contribution in [-0.2, 0) is 5.60 Å². The maximum absolute atomic E-state index is 7.17. The van der Waals surface area contributed by atoms with Gasteiger partial charge in [0.05, 0.1) is 19.6 Å². The van der Waals surface area contributed by atoms with Gasteiger partial charge in [0.2, 0.25) is 0 Å². The van der Waals surface area contributed by atoms with Crippen molar-refractivity contribution in [1.29, 1.82) is 0 Å². The average Bonchev–Trinajstić information content (AvgIpc) is 3.19. The van der Waals surface area contributed by atoms with Crippen molar-refractivity contribution in [3.63, 3.8) is 0 Å². The van der Waals surface area contributed by atoms with Gasteiger partial charge < -0.3 is 14.2 Å². The zero-order valence-electron chi connectivity index (χ0n) is 17.9. The molecule has 1 aliphatic carbocycles. The average molecular weight is 455 g/mol. The van der Waals surface area contributed by atoms with Crippen LogP contribution in [0.2, 0.25) is 0 Å². The Morgan fingerprint density at radius 3 is 2.16 bits per heavy atom. The Kier molecular flexibility index (Phi) is 4.52. The quantitative estimate of drug-likeness (QED) is 0.414. The van der Waals surface area contributed by atoms with Crippen LogP contribution in [0.1, 0.15) is 35.1 Å². The van der Waals surface area contributed by atoms with Crippen LogP contribution < -0.4 is 14.2 Å².